The third-order valence-corrected chi connectivity index (χ3v) is 4.97. The Bertz CT molecular complexity index is 285. The maximum Gasteiger partial charge on any atom is 0.0945 e. The van der Waals surface area contributed by atoms with Crippen LogP contribution in [0.1, 0.15) is 65.2 Å². The average Bonchev–Trinajstić information content (AvgIpc) is 2.93. The number of thioether (sulfide) groups is 1. The van der Waals surface area contributed by atoms with E-state index in [-0.39, 0.29) is 0 Å². The van der Waals surface area contributed by atoms with E-state index in [0.717, 1.165) is 11.8 Å². The number of imidazole rings is 1. The number of unbranched alkanes of at least 4 members (excludes halogenated alkanes) is 4. The third-order valence-electron chi connectivity index (χ3n) is 3.50. The zero-order chi connectivity index (χ0) is 13.8. The minimum Gasteiger partial charge on any atom is -0.337 e. The molecule has 0 bridgehead atoms. The Labute approximate surface area is 123 Å². The first-order chi connectivity index (χ1) is 9.36. The predicted octanol–water partition coefficient (Wildman–Crippen LogP) is 5.15. The summed E-state index contributed by atoms with van der Waals surface area (Å²) in [5, 5.41) is 0.839. The molecule has 0 saturated heterocycles. The molecule has 0 amide bonds. The second-order valence-electron chi connectivity index (χ2n) is 5.28. The van der Waals surface area contributed by atoms with Crippen molar-refractivity contribution < 1.29 is 0 Å². The topological polar surface area (TPSA) is 17.8 Å². The van der Waals surface area contributed by atoms with Crippen molar-refractivity contribution in [2.75, 3.05) is 5.75 Å². The van der Waals surface area contributed by atoms with Crippen LogP contribution in [-0.2, 0) is 6.54 Å². The molecule has 1 heterocycles. The van der Waals surface area contributed by atoms with E-state index in [1.54, 1.807) is 0 Å². The van der Waals surface area contributed by atoms with Gasteiger partial charge in [0.15, 0.2) is 0 Å². The summed E-state index contributed by atoms with van der Waals surface area (Å²) in [6.45, 7) is 5.69. The van der Waals surface area contributed by atoms with Crippen LogP contribution in [0.2, 0.25) is 0 Å². The zero-order valence-electron chi connectivity index (χ0n) is 12.7. The number of aryl methyl sites for hydroxylation is 1. The number of nitrogens with zero attached hydrogens (tertiary/aromatic N) is 2. The summed E-state index contributed by atoms with van der Waals surface area (Å²) in [6, 6.07) is 0. The van der Waals surface area contributed by atoms with Crippen molar-refractivity contribution in [3.63, 3.8) is 0 Å². The van der Waals surface area contributed by atoms with Gasteiger partial charge < -0.3 is 4.57 Å². The molecule has 0 saturated carbocycles. The lowest BCUT2D eigenvalue weighted by atomic mass is 10.1. The lowest BCUT2D eigenvalue weighted by Crippen LogP contribution is -2.08. The smallest absolute Gasteiger partial charge is 0.0945 e. The van der Waals surface area contributed by atoms with Gasteiger partial charge in [-0.1, -0.05) is 46.0 Å². The van der Waals surface area contributed by atoms with E-state index in [4.69, 9.17) is 0 Å². The Morgan fingerprint density at radius 2 is 1.84 bits per heavy atom. The van der Waals surface area contributed by atoms with Crippen molar-refractivity contribution >= 4 is 11.8 Å². The minimum atomic E-state index is 0.839. The molecule has 19 heavy (non-hydrogen) atoms. The van der Waals surface area contributed by atoms with Crippen molar-refractivity contribution in [1.29, 1.82) is 0 Å². The highest BCUT2D eigenvalue weighted by Crippen LogP contribution is 2.23. The first kappa shape index (κ1) is 16.6. The van der Waals surface area contributed by atoms with Gasteiger partial charge in [-0.05, 0) is 25.0 Å². The molecule has 3 heteroatoms. The Balaban J connectivity index is 2.22. The monoisotopic (exact) mass is 282 g/mol. The zero-order valence-corrected chi connectivity index (χ0v) is 13.5. The van der Waals surface area contributed by atoms with Gasteiger partial charge in [-0.15, -0.1) is 0 Å². The normalized spacial score (nSPS) is 12.7. The van der Waals surface area contributed by atoms with Crippen LogP contribution in [0.3, 0.4) is 0 Å². The van der Waals surface area contributed by atoms with Gasteiger partial charge in [0.25, 0.3) is 0 Å². The maximum atomic E-state index is 4.12. The van der Waals surface area contributed by atoms with E-state index in [0.29, 0.717) is 0 Å². The van der Waals surface area contributed by atoms with Crippen LogP contribution in [0, 0.1) is 0 Å². The molecule has 1 rings (SSSR count). The quantitative estimate of drug-likeness (QED) is 0.494. The molecule has 0 aliphatic heterocycles. The van der Waals surface area contributed by atoms with E-state index >= 15 is 0 Å². The minimum absolute atomic E-state index is 0.839. The van der Waals surface area contributed by atoms with E-state index < -0.39 is 0 Å². The molecule has 1 aromatic heterocycles. The molecular weight excluding hydrogens is 252 g/mol. The molecule has 1 atom stereocenters. The van der Waals surface area contributed by atoms with Crippen LogP contribution in [0.25, 0.3) is 0 Å². The summed E-state index contributed by atoms with van der Waals surface area (Å²) < 4.78 is 2.21. The van der Waals surface area contributed by atoms with Gasteiger partial charge in [0, 0.05) is 24.2 Å². The lowest BCUT2D eigenvalue weighted by molar-refractivity contribution is 0.568. The SMILES string of the molecule is CCCCCSC(CCCCC)CCn1ccnc1. The van der Waals surface area contributed by atoms with Crippen LogP contribution in [-0.4, -0.2) is 20.6 Å². The summed E-state index contributed by atoms with van der Waals surface area (Å²) in [5.74, 6) is 1.34. The highest BCUT2D eigenvalue weighted by molar-refractivity contribution is 7.99. The molecule has 1 unspecified atom stereocenters. The molecular formula is C16H30N2S. The number of rotatable bonds is 12. The summed E-state index contributed by atoms with van der Waals surface area (Å²) in [6.07, 6.45) is 16.8. The molecule has 0 aliphatic rings. The van der Waals surface area contributed by atoms with Crippen LogP contribution in [0.15, 0.2) is 18.7 Å². The van der Waals surface area contributed by atoms with E-state index in [1.807, 2.05) is 12.5 Å². The Hall–Kier alpha value is -0.440. The molecule has 0 spiro atoms. The predicted molar refractivity (Wildman–Crippen MR) is 86.8 cm³/mol. The van der Waals surface area contributed by atoms with Crippen molar-refractivity contribution in [3.8, 4) is 0 Å². The van der Waals surface area contributed by atoms with Gasteiger partial charge in [0.1, 0.15) is 0 Å². The van der Waals surface area contributed by atoms with Gasteiger partial charge in [-0.2, -0.15) is 11.8 Å². The van der Waals surface area contributed by atoms with Crippen LogP contribution in [0.5, 0.6) is 0 Å². The van der Waals surface area contributed by atoms with E-state index in [9.17, 15) is 0 Å². The van der Waals surface area contributed by atoms with Gasteiger partial charge in [-0.25, -0.2) is 4.98 Å². The molecule has 0 aliphatic carbocycles. The second-order valence-corrected chi connectivity index (χ2v) is 6.69. The Morgan fingerprint density at radius 3 is 2.53 bits per heavy atom. The van der Waals surface area contributed by atoms with Gasteiger partial charge in [0.2, 0.25) is 0 Å². The average molecular weight is 282 g/mol. The van der Waals surface area contributed by atoms with Gasteiger partial charge in [0.05, 0.1) is 6.33 Å². The molecule has 110 valence electrons. The lowest BCUT2D eigenvalue weighted by Gasteiger charge is -2.16. The van der Waals surface area contributed by atoms with E-state index in [2.05, 4.69) is 41.4 Å². The van der Waals surface area contributed by atoms with Crippen LogP contribution >= 0.6 is 11.8 Å². The highest BCUT2D eigenvalue weighted by atomic mass is 32.2. The van der Waals surface area contributed by atoms with Gasteiger partial charge >= 0.3 is 0 Å². The van der Waals surface area contributed by atoms with E-state index in [1.165, 1.54) is 57.1 Å². The van der Waals surface area contributed by atoms with Crippen molar-refractivity contribution in [1.82, 2.24) is 9.55 Å². The second kappa shape index (κ2) is 11.4. The molecule has 0 radical (unpaired) electrons. The first-order valence-corrected chi connectivity index (χ1v) is 8.99. The van der Waals surface area contributed by atoms with Crippen LogP contribution in [0.4, 0.5) is 0 Å². The number of hydrogen-bond donors (Lipinski definition) is 0. The molecule has 0 aromatic carbocycles. The molecule has 0 N–H and O–H groups in total. The summed E-state index contributed by atoms with van der Waals surface area (Å²) >= 11 is 2.20. The largest absolute Gasteiger partial charge is 0.337 e. The summed E-state index contributed by atoms with van der Waals surface area (Å²) in [7, 11) is 0. The van der Waals surface area contributed by atoms with Gasteiger partial charge in [-0.3, -0.25) is 0 Å². The molecule has 0 fully saturated rings. The van der Waals surface area contributed by atoms with Crippen LogP contribution < -0.4 is 0 Å². The Kier molecular flexibility index (Phi) is 9.96. The third kappa shape index (κ3) is 8.35. The maximum absolute atomic E-state index is 4.12. The Morgan fingerprint density at radius 1 is 1.05 bits per heavy atom. The highest BCUT2D eigenvalue weighted by Gasteiger charge is 2.09. The standard InChI is InChI=1S/C16H30N2S/c1-3-5-7-9-16(19-14-8-6-4-2)10-12-18-13-11-17-15-18/h11,13,15-16H,3-10,12,14H2,1-2H3. The van der Waals surface area contributed by atoms with Crippen molar-refractivity contribution in [2.45, 2.75) is 77.0 Å². The number of aromatic nitrogens is 2. The summed E-state index contributed by atoms with van der Waals surface area (Å²) in [4.78, 5) is 4.12. The van der Waals surface area contributed by atoms with Crippen molar-refractivity contribution in [2.24, 2.45) is 0 Å². The fourth-order valence-electron chi connectivity index (χ4n) is 2.25. The molecule has 2 nitrogen and oxygen atoms in total. The summed E-state index contributed by atoms with van der Waals surface area (Å²) in [5.41, 5.74) is 0. The molecule has 1 aromatic rings. The first-order valence-electron chi connectivity index (χ1n) is 7.94. The fourth-order valence-corrected chi connectivity index (χ4v) is 3.56. The number of hydrogen-bond acceptors (Lipinski definition) is 2. The fraction of sp³-hybridized carbons (Fsp3) is 0.812. The van der Waals surface area contributed by atoms with Crippen molar-refractivity contribution in [3.05, 3.63) is 18.7 Å².